The summed E-state index contributed by atoms with van der Waals surface area (Å²) in [7, 11) is 1.97. The van der Waals surface area contributed by atoms with Crippen LogP contribution >= 0.6 is 0 Å². The van der Waals surface area contributed by atoms with Crippen LogP contribution < -0.4 is 4.90 Å². The van der Waals surface area contributed by atoms with Gasteiger partial charge in [-0.1, -0.05) is 30.3 Å². The fraction of sp³-hybridized carbons (Fsp3) is 0.211. The lowest BCUT2D eigenvalue weighted by molar-refractivity contribution is 0.100. The largest absolute Gasteiger partial charge is 0.367 e. The zero-order valence-electron chi connectivity index (χ0n) is 13.2. The van der Waals surface area contributed by atoms with Crippen LogP contribution in [0.15, 0.2) is 48.7 Å². The molecule has 22 heavy (non-hydrogen) atoms. The molecule has 3 aromatic rings. The first kappa shape index (κ1) is 14.4. The maximum absolute atomic E-state index is 12.6. The Kier molecular flexibility index (Phi) is 3.72. The third-order valence-corrected chi connectivity index (χ3v) is 4.26. The molecule has 0 bridgehead atoms. The molecule has 0 radical (unpaired) electrons. The van der Waals surface area contributed by atoms with Gasteiger partial charge in [0.2, 0.25) is 0 Å². The molecule has 0 aliphatic heterocycles. The first-order chi connectivity index (χ1) is 10.6. The molecule has 0 unspecified atom stereocenters. The van der Waals surface area contributed by atoms with Crippen molar-refractivity contribution in [3.8, 4) is 0 Å². The van der Waals surface area contributed by atoms with Gasteiger partial charge in [-0.2, -0.15) is 0 Å². The number of hydrogen-bond acceptors (Lipinski definition) is 2. The second kappa shape index (κ2) is 5.68. The van der Waals surface area contributed by atoms with Crippen LogP contribution in [-0.2, 0) is 0 Å². The first-order valence-electron chi connectivity index (χ1n) is 7.44. The van der Waals surface area contributed by atoms with Crippen molar-refractivity contribution in [1.82, 2.24) is 4.98 Å². The molecule has 1 aromatic heterocycles. The second-order valence-corrected chi connectivity index (χ2v) is 5.75. The highest BCUT2D eigenvalue weighted by Crippen LogP contribution is 2.23. The predicted molar refractivity (Wildman–Crippen MR) is 91.8 cm³/mol. The molecular formula is C19H20N2O. The highest BCUT2D eigenvalue weighted by Gasteiger charge is 2.15. The molecule has 2 aromatic carbocycles. The second-order valence-electron chi connectivity index (χ2n) is 5.75. The van der Waals surface area contributed by atoms with Crippen LogP contribution in [0.5, 0.6) is 0 Å². The Hall–Kier alpha value is -2.55. The fourth-order valence-electron chi connectivity index (χ4n) is 2.84. The van der Waals surface area contributed by atoms with Gasteiger partial charge in [-0.05, 0) is 37.1 Å². The van der Waals surface area contributed by atoms with Gasteiger partial charge in [0, 0.05) is 35.4 Å². The Morgan fingerprint density at radius 3 is 2.68 bits per heavy atom. The average Bonchev–Trinajstić information content (AvgIpc) is 2.94. The Labute approximate surface area is 130 Å². The molecular weight excluding hydrogens is 272 g/mol. The molecule has 1 heterocycles. The number of ketones is 1. The van der Waals surface area contributed by atoms with Crippen molar-refractivity contribution in [2.75, 3.05) is 18.5 Å². The molecule has 0 saturated carbocycles. The van der Waals surface area contributed by atoms with Crippen LogP contribution in [0.1, 0.15) is 21.5 Å². The maximum atomic E-state index is 12.6. The van der Waals surface area contributed by atoms with Gasteiger partial charge in [-0.3, -0.25) is 4.79 Å². The van der Waals surface area contributed by atoms with E-state index in [9.17, 15) is 4.79 Å². The van der Waals surface area contributed by atoms with E-state index in [2.05, 4.69) is 31.0 Å². The van der Waals surface area contributed by atoms with Crippen molar-refractivity contribution in [2.24, 2.45) is 0 Å². The van der Waals surface area contributed by atoms with Crippen LogP contribution in [-0.4, -0.2) is 24.4 Å². The van der Waals surface area contributed by atoms with E-state index in [1.165, 1.54) is 11.1 Å². The number of rotatable bonds is 4. The van der Waals surface area contributed by atoms with Crippen molar-refractivity contribution < 1.29 is 4.79 Å². The molecule has 0 saturated heterocycles. The minimum Gasteiger partial charge on any atom is -0.367 e. The van der Waals surface area contributed by atoms with Gasteiger partial charge >= 0.3 is 0 Å². The Bertz CT molecular complexity index is 832. The smallest absolute Gasteiger partial charge is 0.184 e. The summed E-state index contributed by atoms with van der Waals surface area (Å²) in [6, 6.07) is 14.1. The number of nitrogens with one attached hydrogen (secondary N) is 1. The number of likely N-dealkylation sites (N-methyl/N-ethyl adjacent to an activating group) is 1. The lowest BCUT2D eigenvalue weighted by Crippen LogP contribution is -2.26. The van der Waals surface area contributed by atoms with Crippen molar-refractivity contribution in [3.63, 3.8) is 0 Å². The van der Waals surface area contributed by atoms with Crippen molar-refractivity contribution in [1.29, 1.82) is 0 Å². The van der Waals surface area contributed by atoms with Gasteiger partial charge in [0.1, 0.15) is 0 Å². The van der Waals surface area contributed by atoms with Crippen LogP contribution in [0, 0.1) is 13.8 Å². The van der Waals surface area contributed by atoms with E-state index < -0.39 is 0 Å². The summed E-state index contributed by atoms with van der Waals surface area (Å²) in [5, 5.41) is 0.988. The molecule has 112 valence electrons. The molecule has 0 aliphatic carbocycles. The number of aromatic nitrogens is 1. The van der Waals surface area contributed by atoms with Gasteiger partial charge in [-0.25, -0.2) is 0 Å². The fourth-order valence-corrected chi connectivity index (χ4v) is 2.84. The number of aryl methyl sites for hydroxylation is 1. The van der Waals surface area contributed by atoms with Crippen molar-refractivity contribution in [3.05, 3.63) is 65.4 Å². The summed E-state index contributed by atoms with van der Waals surface area (Å²) >= 11 is 0. The summed E-state index contributed by atoms with van der Waals surface area (Å²) in [4.78, 5) is 17.8. The number of para-hydroxylation sites is 1. The van der Waals surface area contributed by atoms with Gasteiger partial charge in [-0.15, -0.1) is 0 Å². The molecule has 0 fully saturated rings. The summed E-state index contributed by atoms with van der Waals surface area (Å²) in [6.45, 7) is 4.55. The average molecular weight is 292 g/mol. The van der Waals surface area contributed by atoms with Crippen LogP contribution in [0.25, 0.3) is 10.9 Å². The number of nitrogens with zero attached hydrogens (tertiary/aromatic N) is 1. The van der Waals surface area contributed by atoms with E-state index >= 15 is 0 Å². The van der Waals surface area contributed by atoms with E-state index in [1.807, 2.05) is 48.5 Å². The number of hydrogen-bond donors (Lipinski definition) is 1. The summed E-state index contributed by atoms with van der Waals surface area (Å²) in [6.07, 6.45) is 1.81. The Morgan fingerprint density at radius 1 is 1.09 bits per heavy atom. The minimum atomic E-state index is 0.126. The number of benzene rings is 2. The molecule has 3 nitrogen and oxygen atoms in total. The molecule has 3 heteroatoms. The maximum Gasteiger partial charge on any atom is 0.184 e. The lowest BCUT2D eigenvalue weighted by atomic mass is 10.1. The van der Waals surface area contributed by atoms with Crippen LogP contribution in [0.2, 0.25) is 0 Å². The van der Waals surface area contributed by atoms with Crippen LogP contribution in [0.4, 0.5) is 5.69 Å². The van der Waals surface area contributed by atoms with Gasteiger partial charge in [0.15, 0.2) is 5.78 Å². The highest BCUT2D eigenvalue weighted by atomic mass is 16.1. The number of Topliss-reactive ketones (excluding diaryl/α,β-unsaturated/α-hetero) is 1. The predicted octanol–water partition coefficient (Wildman–Crippen LogP) is 4.10. The van der Waals surface area contributed by atoms with E-state index in [0.29, 0.717) is 6.54 Å². The van der Waals surface area contributed by atoms with E-state index in [0.717, 1.165) is 22.2 Å². The van der Waals surface area contributed by atoms with Crippen molar-refractivity contribution in [2.45, 2.75) is 13.8 Å². The molecule has 0 atom stereocenters. The van der Waals surface area contributed by atoms with Crippen molar-refractivity contribution >= 4 is 22.4 Å². The monoisotopic (exact) mass is 292 g/mol. The third kappa shape index (κ3) is 2.50. The standard InChI is InChI=1S/C19H20N2O/c1-13-7-6-10-18(14(13)2)21(3)12-19(22)16-11-20-17-9-5-4-8-15(16)17/h4-11,20H,12H2,1-3H3. The van der Waals surface area contributed by atoms with Gasteiger partial charge in [0.25, 0.3) is 0 Å². The number of carbonyl (C=O) groups excluding carboxylic acids is 1. The number of H-pyrrole nitrogens is 1. The summed E-state index contributed by atoms with van der Waals surface area (Å²) < 4.78 is 0. The zero-order valence-corrected chi connectivity index (χ0v) is 13.2. The van der Waals surface area contributed by atoms with E-state index in [1.54, 1.807) is 0 Å². The number of aromatic amines is 1. The molecule has 3 rings (SSSR count). The Balaban J connectivity index is 1.86. The van der Waals surface area contributed by atoms with E-state index in [4.69, 9.17) is 0 Å². The topological polar surface area (TPSA) is 36.1 Å². The quantitative estimate of drug-likeness (QED) is 0.735. The van der Waals surface area contributed by atoms with E-state index in [-0.39, 0.29) is 5.78 Å². The number of carbonyl (C=O) groups is 1. The molecule has 0 aliphatic rings. The minimum absolute atomic E-state index is 0.126. The zero-order chi connectivity index (χ0) is 15.7. The SMILES string of the molecule is Cc1cccc(N(C)CC(=O)c2c[nH]c3ccccc23)c1C. The molecule has 0 spiro atoms. The normalized spacial score (nSPS) is 10.9. The highest BCUT2D eigenvalue weighted by molar-refractivity contribution is 6.09. The first-order valence-corrected chi connectivity index (χ1v) is 7.44. The molecule has 0 amide bonds. The summed E-state index contributed by atoms with van der Waals surface area (Å²) in [5.41, 5.74) is 5.32. The van der Waals surface area contributed by atoms with Crippen LogP contribution in [0.3, 0.4) is 0 Å². The Morgan fingerprint density at radius 2 is 1.86 bits per heavy atom. The van der Waals surface area contributed by atoms with Gasteiger partial charge < -0.3 is 9.88 Å². The van der Waals surface area contributed by atoms with Gasteiger partial charge in [0.05, 0.1) is 6.54 Å². The number of anilines is 1. The summed E-state index contributed by atoms with van der Waals surface area (Å²) in [5.74, 6) is 0.126. The number of fused-ring (bicyclic) bond motifs is 1. The lowest BCUT2D eigenvalue weighted by Gasteiger charge is -2.21. The molecule has 1 N–H and O–H groups in total. The third-order valence-electron chi connectivity index (χ3n) is 4.26.